The smallest absolute Gasteiger partial charge is 0.314 e. The summed E-state index contributed by atoms with van der Waals surface area (Å²) in [7, 11) is -6.26. The van der Waals surface area contributed by atoms with Crippen LogP contribution in [0.4, 0.5) is 0 Å². The van der Waals surface area contributed by atoms with Crippen LogP contribution in [-0.4, -0.2) is 31.6 Å². The number of benzene rings is 1. The molecule has 0 bridgehead atoms. The highest BCUT2D eigenvalue weighted by molar-refractivity contribution is 7.99. The minimum absolute atomic E-state index is 1.15. The first-order valence-corrected chi connectivity index (χ1v) is 9.75. The summed E-state index contributed by atoms with van der Waals surface area (Å²) in [5.41, 5.74) is 0. The molecule has 1 rings (SSSR count). The van der Waals surface area contributed by atoms with Gasteiger partial charge in [0.15, 0.2) is 0 Å². The van der Waals surface area contributed by atoms with E-state index in [2.05, 4.69) is 37.4 Å². The van der Waals surface area contributed by atoms with Crippen LogP contribution < -0.4 is 0 Å². The Kier molecular flexibility index (Phi) is 16.6. The van der Waals surface area contributed by atoms with Gasteiger partial charge in [0.1, 0.15) is 0 Å². The van der Waals surface area contributed by atoms with E-state index in [1.807, 2.05) is 11.8 Å². The van der Waals surface area contributed by atoms with Gasteiger partial charge < -0.3 is 19.6 Å². The molecule has 0 aliphatic heterocycles. The highest BCUT2D eigenvalue weighted by Gasteiger charge is 1.91. The van der Waals surface area contributed by atoms with Crippen LogP contribution in [-0.2, 0) is 9.13 Å². The number of thioether (sulfide) groups is 2. The maximum atomic E-state index is 8.74. The summed E-state index contributed by atoms with van der Waals surface area (Å²) in [6.45, 7) is 2.17. The first-order valence-electron chi connectivity index (χ1n) is 4.94. The molecular formula is C9H18O6P2S2. The van der Waals surface area contributed by atoms with Gasteiger partial charge in [-0.2, -0.15) is 0 Å². The van der Waals surface area contributed by atoms with E-state index in [1.54, 1.807) is 11.8 Å². The zero-order valence-electron chi connectivity index (χ0n) is 10.4. The van der Waals surface area contributed by atoms with Crippen LogP contribution in [0.1, 0.15) is 6.92 Å². The third kappa shape index (κ3) is 20.7. The van der Waals surface area contributed by atoms with Gasteiger partial charge >= 0.3 is 16.5 Å². The van der Waals surface area contributed by atoms with Crippen molar-refractivity contribution in [3.63, 3.8) is 0 Å². The molecule has 19 heavy (non-hydrogen) atoms. The van der Waals surface area contributed by atoms with Crippen molar-refractivity contribution >= 4 is 40.0 Å². The average molecular weight is 348 g/mol. The second kappa shape index (κ2) is 14.6. The summed E-state index contributed by atoms with van der Waals surface area (Å²) in [4.78, 5) is 31.3. The lowest BCUT2D eigenvalue weighted by molar-refractivity contribution is 0.403. The van der Waals surface area contributed by atoms with Crippen LogP contribution in [0, 0.1) is 0 Å². The van der Waals surface area contributed by atoms with Crippen molar-refractivity contribution in [2.45, 2.75) is 16.7 Å². The Bertz CT molecular complexity index is 353. The Hall–Kier alpha value is 0.220. The number of hydrogen-bond acceptors (Lipinski definition) is 4. The molecule has 0 aromatic heterocycles. The zero-order valence-corrected chi connectivity index (χ0v) is 14.1. The van der Waals surface area contributed by atoms with Gasteiger partial charge in [-0.25, -0.2) is 0 Å². The first kappa shape index (κ1) is 21.5. The van der Waals surface area contributed by atoms with Crippen molar-refractivity contribution in [1.29, 1.82) is 0 Å². The van der Waals surface area contributed by atoms with E-state index < -0.39 is 16.5 Å². The van der Waals surface area contributed by atoms with E-state index in [1.165, 1.54) is 9.79 Å². The molecule has 1 aromatic rings. The predicted molar refractivity (Wildman–Crippen MR) is 81.5 cm³/mol. The molecule has 0 atom stereocenters. The van der Waals surface area contributed by atoms with Crippen molar-refractivity contribution in [3.05, 3.63) is 24.3 Å². The molecule has 0 aliphatic rings. The second-order valence-corrected chi connectivity index (χ2v) is 6.02. The summed E-state index contributed by atoms with van der Waals surface area (Å²) in [5, 5.41) is 0. The molecule has 10 heteroatoms. The topological polar surface area (TPSA) is 115 Å². The quantitative estimate of drug-likeness (QED) is 0.486. The van der Waals surface area contributed by atoms with Crippen molar-refractivity contribution in [3.8, 4) is 0 Å². The third-order valence-corrected chi connectivity index (χ3v) is 3.01. The van der Waals surface area contributed by atoms with Gasteiger partial charge in [0, 0.05) is 9.79 Å². The van der Waals surface area contributed by atoms with E-state index in [4.69, 9.17) is 28.7 Å². The molecule has 0 radical (unpaired) electrons. The molecule has 0 unspecified atom stereocenters. The lowest BCUT2D eigenvalue weighted by Gasteiger charge is -1.98. The maximum absolute atomic E-state index is 8.74. The monoisotopic (exact) mass is 348 g/mol. The molecule has 0 amide bonds. The fraction of sp³-hybridized carbons (Fsp3) is 0.333. The summed E-state index contributed by atoms with van der Waals surface area (Å²) < 4.78 is 17.5. The highest BCUT2D eigenvalue weighted by atomic mass is 32.2. The van der Waals surface area contributed by atoms with Gasteiger partial charge in [0.05, 0.1) is 0 Å². The van der Waals surface area contributed by atoms with Gasteiger partial charge in [-0.05, 0) is 36.3 Å². The summed E-state index contributed by atoms with van der Waals surface area (Å²) in [5.74, 6) is 1.15. The Labute approximate surface area is 122 Å². The number of rotatable bonds is 3. The second-order valence-electron chi connectivity index (χ2n) is 2.67. The van der Waals surface area contributed by atoms with Crippen LogP contribution in [0.2, 0.25) is 0 Å². The van der Waals surface area contributed by atoms with Crippen molar-refractivity contribution < 1.29 is 28.7 Å². The molecule has 6 nitrogen and oxygen atoms in total. The Morgan fingerprint density at radius 1 is 0.947 bits per heavy atom. The van der Waals surface area contributed by atoms with Gasteiger partial charge in [0.25, 0.3) is 0 Å². The minimum atomic E-state index is -3.13. The predicted octanol–water partition coefficient (Wildman–Crippen LogP) is 2.24. The maximum Gasteiger partial charge on any atom is 0.314 e. The van der Waals surface area contributed by atoms with E-state index in [0.29, 0.717) is 0 Å². The van der Waals surface area contributed by atoms with E-state index in [-0.39, 0.29) is 0 Å². The highest BCUT2D eigenvalue weighted by Crippen LogP contribution is 2.21. The Morgan fingerprint density at radius 2 is 1.26 bits per heavy atom. The van der Waals surface area contributed by atoms with E-state index in [9.17, 15) is 0 Å². The number of hydrogen-bond donors (Lipinski definition) is 4. The van der Waals surface area contributed by atoms with Crippen LogP contribution >= 0.6 is 40.0 Å². The normalized spacial score (nSPS) is 9.47. The van der Waals surface area contributed by atoms with Crippen LogP contribution in [0.3, 0.4) is 0 Å². The molecule has 0 saturated carbocycles. The Balaban J connectivity index is 0. The fourth-order valence-corrected chi connectivity index (χ4v) is 1.91. The van der Waals surface area contributed by atoms with Crippen LogP contribution in [0.15, 0.2) is 34.1 Å². The van der Waals surface area contributed by atoms with Gasteiger partial charge in [-0.3, -0.25) is 9.13 Å². The molecule has 0 spiro atoms. The minimum Gasteiger partial charge on any atom is -0.326 e. The van der Waals surface area contributed by atoms with Crippen molar-refractivity contribution in [2.75, 3.05) is 12.0 Å². The third-order valence-electron chi connectivity index (χ3n) is 1.37. The fourth-order valence-electron chi connectivity index (χ4n) is 0.839. The lowest BCUT2D eigenvalue weighted by atomic mass is 10.4. The SMILES string of the molecule is CCSc1ccc(SC)cc1.O=[PH](O)O.O=[PH](O)O. The lowest BCUT2D eigenvalue weighted by Crippen LogP contribution is -1.72. The van der Waals surface area contributed by atoms with Crippen molar-refractivity contribution in [1.82, 2.24) is 0 Å². The van der Waals surface area contributed by atoms with Gasteiger partial charge in [-0.1, -0.05) is 6.92 Å². The molecular weight excluding hydrogens is 330 g/mol. The molecule has 0 heterocycles. The van der Waals surface area contributed by atoms with Crippen molar-refractivity contribution in [2.24, 2.45) is 0 Å². The molecule has 1 aromatic carbocycles. The first-order chi connectivity index (χ1) is 8.83. The Morgan fingerprint density at radius 3 is 1.53 bits per heavy atom. The van der Waals surface area contributed by atoms with Gasteiger partial charge in [-0.15, -0.1) is 23.5 Å². The zero-order chi connectivity index (χ0) is 15.3. The van der Waals surface area contributed by atoms with Crippen LogP contribution in [0.5, 0.6) is 0 Å². The van der Waals surface area contributed by atoms with Gasteiger partial charge in [0.2, 0.25) is 0 Å². The summed E-state index contributed by atoms with van der Waals surface area (Å²) in [6, 6.07) is 8.70. The molecule has 112 valence electrons. The van der Waals surface area contributed by atoms with Crippen LogP contribution in [0.25, 0.3) is 0 Å². The van der Waals surface area contributed by atoms with E-state index >= 15 is 0 Å². The average Bonchev–Trinajstić information content (AvgIpc) is 2.29. The molecule has 0 fully saturated rings. The molecule has 0 saturated heterocycles. The molecule has 4 N–H and O–H groups in total. The molecule has 0 aliphatic carbocycles. The standard InChI is InChI=1S/C9H12S2.2H3O3P/c1-3-11-9-6-4-8(10-2)5-7-9;2*1-4(2)3/h4-7H,3H2,1-2H3;2*4H,(H2,1,2,3). The van der Waals surface area contributed by atoms with E-state index in [0.717, 1.165) is 5.75 Å². The summed E-state index contributed by atoms with van der Waals surface area (Å²) >= 11 is 3.67. The summed E-state index contributed by atoms with van der Waals surface area (Å²) in [6.07, 6.45) is 2.10. The largest absolute Gasteiger partial charge is 0.326 e.